The van der Waals surface area contributed by atoms with Gasteiger partial charge >= 0.3 is 0 Å². The second-order valence-electron chi connectivity index (χ2n) is 5.61. The number of nitrogens with one attached hydrogen (secondary N) is 1. The Morgan fingerprint density at radius 3 is 2.67 bits per heavy atom. The lowest BCUT2D eigenvalue weighted by Gasteiger charge is -2.35. The van der Waals surface area contributed by atoms with Crippen LogP contribution >= 0.6 is 11.6 Å². The van der Waals surface area contributed by atoms with Crippen LogP contribution in [0, 0.1) is 11.8 Å². The molecule has 0 spiro atoms. The fraction of sp³-hybridized carbons (Fsp3) is 0.600. The molecule has 1 aliphatic carbocycles. The van der Waals surface area contributed by atoms with Crippen LogP contribution in [-0.2, 0) is 0 Å². The number of anilines is 1. The van der Waals surface area contributed by atoms with Gasteiger partial charge in [-0.2, -0.15) is 0 Å². The first-order valence-corrected chi connectivity index (χ1v) is 7.21. The number of hydrogen-bond acceptors (Lipinski definition) is 2. The standard InChI is InChI=1S/C15H22ClNO/c1-10(2)12-5-3-4-6-14(12)17-11-7-8-15(18)13(16)9-11/h7-10,12,14,17-18H,3-6H2,1-2H3. The van der Waals surface area contributed by atoms with Crippen LogP contribution in [0.15, 0.2) is 18.2 Å². The number of hydrogen-bond donors (Lipinski definition) is 2. The minimum absolute atomic E-state index is 0.145. The molecule has 1 saturated carbocycles. The minimum atomic E-state index is 0.145. The lowest BCUT2D eigenvalue weighted by molar-refractivity contribution is 0.254. The summed E-state index contributed by atoms with van der Waals surface area (Å²) in [5.74, 6) is 1.58. The number of rotatable bonds is 3. The van der Waals surface area contributed by atoms with Gasteiger partial charge in [0.15, 0.2) is 0 Å². The first-order valence-electron chi connectivity index (χ1n) is 6.83. The van der Waals surface area contributed by atoms with Gasteiger partial charge in [-0.3, -0.25) is 0 Å². The molecule has 2 rings (SSSR count). The highest BCUT2D eigenvalue weighted by Gasteiger charge is 2.27. The number of phenols is 1. The molecule has 0 radical (unpaired) electrons. The first kappa shape index (κ1) is 13.5. The molecule has 100 valence electrons. The minimum Gasteiger partial charge on any atom is -0.506 e. The molecule has 1 aromatic carbocycles. The molecule has 0 heterocycles. The Balaban J connectivity index is 2.08. The zero-order valence-electron chi connectivity index (χ0n) is 11.1. The first-order chi connectivity index (χ1) is 8.58. The van der Waals surface area contributed by atoms with Crippen molar-refractivity contribution < 1.29 is 5.11 Å². The molecule has 2 N–H and O–H groups in total. The third-order valence-corrected chi connectivity index (χ3v) is 4.28. The van der Waals surface area contributed by atoms with Crippen molar-refractivity contribution >= 4 is 17.3 Å². The van der Waals surface area contributed by atoms with Crippen molar-refractivity contribution in [2.75, 3.05) is 5.32 Å². The van der Waals surface area contributed by atoms with Crippen LogP contribution in [0.25, 0.3) is 0 Å². The lowest BCUT2D eigenvalue weighted by Crippen LogP contribution is -2.35. The van der Waals surface area contributed by atoms with Crippen LogP contribution in [0.2, 0.25) is 5.02 Å². The number of aromatic hydroxyl groups is 1. The van der Waals surface area contributed by atoms with Crippen LogP contribution in [0.1, 0.15) is 39.5 Å². The van der Waals surface area contributed by atoms with E-state index >= 15 is 0 Å². The number of phenolic OH excluding ortho intramolecular Hbond substituents is 1. The Morgan fingerprint density at radius 2 is 2.00 bits per heavy atom. The van der Waals surface area contributed by atoms with E-state index in [1.54, 1.807) is 6.07 Å². The van der Waals surface area contributed by atoms with E-state index in [9.17, 15) is 5.11 Å². The zero-order chi connectivity index (χ0) is 13.1. The van der Waals surface area contributed by atoms with E-state index in [1.165, 1.54) is 25.7 Å². The molecular formula is C15H22ClNO. The van der Waals surface area contributed by atoms with Gasteiger partial charge in [-0.15, -0.1) is 0 Å². The van der Waals surface area contributed by atoms with Crippen molar-refractivity contribution in [2.45, 2.75) is 45.6 Å². The average molecular weight is 268 g/mol. The summed E-state index contributed by atoms with van der Waals surface area (Å²) in [5.41, 5.74) is 1.01. The average Bonchev–Trinajstić information content (AvgIpc) is 2.34. The maximum Gasteiger partial charge on any atom is 0.134 e. The van der Waals surface area contributed by atoms with E-state index in [0.29, 0.717) is 17.0 Å². The monoisotopic (exact) mass is 267 g/mol. The highest BCUT2D eigenvalue weighted by Crippen LogP contribution is 2.33. The molecule has 2 unspecified atom stereocenters. The topological polar surface area (TPSA) is 32.3 Å². The molecule has 2 nitrogen and oxygen atoms in total. The number of benzene rings is 1. The van der Waals surface area contributed by atoms with E-state index in [1.807, 2.05) is 12.1 Å². The van der Waals surface area contributed by atoms with Gasteiger partial charge in [-0.1, -0.05) is 38.3 Å². The predicted octanol–water partition coefficient (Wildman–Crippen LogP) is 4.67. The van der Waals surface area contributed by atoms with Gasteiger partial charge in [0.1, 0.15) is 5.75 Å². The van der Waals surface area contributed by atoms with Crippen molar-refractivity contribution in [2.24, 2.45) is 11.8 Å². The molecule has 0 amide bonds. The summed E-state index contributed by atoms with van der Waals surface area (Å²) in [4.78, 5) is 0. The van der Waals surface area contributed by atoms with Crippen LogP contribution in [-0.4, -0.2) is 11.1 Å². The summed E-state index contributed by atoms with van der Waals surface area (Å²) in [7, 11) is 0. The Labute approximate surface area is 114 Å². The summed E-state index contributed by atoms with van der Waals surface area (Å²) in [5, 5.41) is 13.4. The van der Waals surface area contributed by atoms with Gasteiger partial charge in [0.05, 0.1) is 5.02 Å². The normalized spacial score (nSPS) is 24.2. The van der Waals surface area contributed by atoms with E-state index in [-0.39, 0.29) is 5.75 Å². The quantitative estimate of drug-likeness (QED) is 0.780. The molecular weight excluding hydrogens is 246 g/mol. The van der Waals surface area contributed by atoms with Crippen molar-refractivity contribution in [3.8, 4) is 5.75 Å². The maximum absolute atomic E-state index is 9.43. The highest BCUT2D eigenvalue weighted by atomic mass is 35.5. The molecule has 1 fully saturated rings. The molecule has 0 aromatic heterocycles. The van der Waals surface area contributed by atoms with Crippen LogP contribution in [0.4, 0.5) is 5.69 Å². The summed E-state index contributed by atoms with van der Waals surface area (Å²) in [6, 6.07) is 5.88. The zero-order valence-corrected chi connectivity index (χ0v) is 11.9. The third-order valence-electron chi connectivity index (χ3n) is 3.98. The van der Waals surface area contributed by atoms with Crippen LogP contribution < -0.4 is 5.32 Å². The van der Waals surface area contributed by atoms with Gasteiger partial charge in [-0.05, 0) is 42.9 Å². The van der Waals surface area contributed by atoms with Gasteiger partial charge in [-0.25, -0.2) is 0 Å². The molecule has 1 aliphatic rings. The van der Waals surface area contributed by atoms with Crippen molar-refractivity contribution in [1.29, 1.82) is 0 Å². The SMILES string of the molecule is CC(C)C1CCCCC1Nc1ccc(O)c(Cl)c1. The van der Waals surface area contributed by atoms with E-state index in [4.69, 9.17) is 11.6 Å². The van der Waals surface area contributed by atoms with Crippen LogP contribution in [0.5, 0.6) is 5.75 Å². The third kappa shape index (κ3) is 3.11. The van der Waals surface area contributed by atoms with E-state index in [2.05, 4.69) is 19.2 Å². The summed E-state index contributed by atoms with van der Waals surface area (Å²) in [6.07, 6.45) is 5.17. The molecule has 2 atom stereocenters. The molecule has 3 heteroatoms. The Morgan fingerprint density at radius 1 is 1.28 bits per heavy atom. The van der Waals surface area contributed by atoms with Crippen molar-refractivity contribution in [1.82, 2.24) is 0 Å². The summed E-state index contributed by atoms with van der Waals surface area (Å²) < 4.78 is 0. The number of halogens is 1. The van der Waals surface area contributed by atoms with Gasteiger partial charge in [0.25, 0.3) is 0 Å². The van der Waals surface area contributed by atoms with Gasteiger partial charge < -0.3 is 10.4 Å². The van der Waals surface area contributed by atoms with E-state index < -0.39 is 0 Å². The molecule has 18 heavy (non-hydrogen) atoms. The molecule has 0 saturated heterocycles. The Hall–Kier alpha value is -0.890. The molecule has 0 bridgehead atoms. The fourth-order valence-electron chi connectivity index (χ4n) is 2.95. The Kier molecular flexibility index (Phi) is 4.39. The highest BCUT2D eigenvalue weighted by molar-refractivity contribution is 6.32. The van der Waals surface area contributed by atoms with E-state index in [0.717, 1.165) is 11.6 Å². The lowest BCUT2D eigenvalue weighted by atomic mass is 9.78. The van der Waals surface area contributed by atoms with Gasteiger partial charge in [0, 0.05) is 11.7 Å². The largest absolute Gasteiger partial charge is 0.506 e. The predicted molar refractivity (Wildman–Crippen MR) is 77.3 cm³/mol. The second kappa shape index (κ2) is 5.83. The second-order valence-corrected chi connectivity index (χ2v) is 6.02. The summed E-state index contributed by atoms with van der Waals surface area (Å²) in [6.45, 7) is 4.60. The smallest absolute Gasteiger partial charge is 0.134 e. The summed E-state index contributed by atoms with van der Waals surface area (Å²) >= 11 is 5.94. The molecule has 1 aromatic rings. The molecule has 0 aliphatic heterocycles. The van der Waals surface area contributed by atoms with Crippen molar-refractivity contribution in [3.05, 3.63) is 23.2 Å². The Bertz CT molecular complexity index is 405. The van der Waals surface area contributed by atoms with Crippen LogP contribution in [0.3, 0.4) is 0 Å². The van der Waals surface area contributed by atoms with Gasteiger partial charge in [0.2, 0.25) is 0 Å². The maximum atomic E-state index is 9.43. The fourth-order valence-corrected chi connectivity index (χ4v) is 3.13. The van der Waals surface area contributed by atoms with Crippen molar-refractivity contribution in [3.63, 3.8) is 0 Å².